The highest BCUT2D eigenvalue weighted by molar-refractivity contribution is 9.10. The molecule has 0 fully saturated rings. The van der Waals surface area contributed by atoms with Crippen LogP contribution >= 0.6 is 39.1 Å². The molecule has 2 aromatic carbocycles. The molecule has 3 aromatic rings. The Morgan fingerprint density at radius 2 is 1.69 bits per heavy atom. The standard InChI is InChI=1S/C17H14BrCl2N3.C2H2O4/c1-23-16(11-4-2-5-12(18)8-11)10-22-17(23)21-9-13-14(19)6-3-7-15(13)20;3-1(4)2(5)6/h2-8,10H,9H2,1H3,(H,21,22);(H,3,4)(H,5,6). The summed E-state index contributed by atoms with van der Waals surface area (Å²) >= 11 is 15.9. The van der Waals surface area contributed by atoms with Gasteiger partial charge in [-0.15, -0.1) is 0 Å². The number of anilines is 1. The third-order valence-electron chi connectivity index (χ3n) is 3.78. The van der Waals surface area contributed by atoms with Crippen LogP contribution in [0.5, 0.6) is 0 Å². The maximum Gasteiger partial charge on any atom is 0.414 e. The average Bonchev–Trinajstić information content (AvgIpc) is 3.02. The van der Waals surface area contributed by atoms with Crippen molar-refractivity contribution in [2.45, 2.75) is 6.54 Å². The predicted molar refractivity (Wildman–Crippen MR) is 115 cm³/mol. The van der Waals surface area contributed by atoms with Gasteiger partial charge in [0, 0.05) is 39.2 Å². The molecule has 1 aromatic heterocycles. The molecular formula is C19H16BrCl2N3O4. The average molecular weight is 501 g/mol. The van der Waals surface area contributed by atoms with E-state index < -0.39 is 11.9 Å². The SMILES string of the molecule is Cn1c(-c2cccc(Br)c2)cnc1NCc1c(Cl)cccc1Cl.O=C(O)C(=O)O. The maximum absolute atomic E-state index is 9.10. The lowest BCUT2D eigenvalue weighted by atomic mass is 10.2. The van der Waals surface area contributed by atoms with E-state index in [-0.39, 0.29) is 0 Å². The molecule has 0 unspecified atom stereocenters. The fraction of sp³-hybridized carbons (Fsp3) is 0.105. The topological polar surface area (TPSA) is 104 Å². The molecule has 1 heterocycles. The van der Waals surface area contributed by atoms with Crippen molar-refractivity contribution in [3.8, 4) is 11.3 Å². The zero-order chi connectivity index (χ0) is 21.6. The van der Waals surface area contributed by atoms with E-state index in [1.54, 1.807) is 0 Å². The number of nitrogens with zero attached hydrogens (tertiary/aromatic N) is 2. The number of rotatable bonds is 4. The normalized spacial score (nSPS) is 10.1. The first kappa shape index (κ1) is 22.7. The molecule has 0 aliphatic carbocycles. The smallest absolute Gasteiger partial charge is 0.414 e. The molecule has 29 heavy (non-hydrogen) atoms. The quantitative estimate of drug-likeness (QED) is 0.439. The Morgan fingerprint density at radius 3 is 2.24 bits per heavy atom. The van der Waals surface area contributed by atoms with Crippen molar-refractivity contribution in [1.29, 1.82) is 0 Å². The minimum Gasteiger partial charge on any atom is -0.473 e. The molecule has 0 saturated heterocycles. The van der Waals surface area contributed by atoms with Crippen LogP contribution in [0.4, 0.5) is 5.95 Å². The van der Waals surface area contributed by atoms with Crippen molar-refractivity contribution in [3.63, 3.8) is 0 Å². The molecule has 0 radical (unpaired) electrons. The third kappa shape index (κ3) is 6.22. The van der Waals surface area contributed by atoms with Gasteiger partial charge in [0.15, 0.2) is 0 Å². The lowest BCUT2D eigenvalue weighted by molar-refractivity contribution is -0.159. The van der Waals surface area contributed by atoms with E-state index in [1.807, 2.05) is 48.1 Å². The van der Waals surface area contributed by atoms with Gasteiger partial charge in [-0.1, -0.05) is 57.3 Å². The minimum absolute atomic E-state index is 0.515. The van der Waals surface area contributed by atoms with Gasteiger partial charge in [-0.2, -0.15) is 0 Å². The van der Waals surface area contributed by atoms with Gasteiger partial charge in [-0.25, -0.2) is 14.6 Å². The molecule has 0 aliphatic rings. The first-order chi connectivity index (χ1) is 13.7. The van der Waals surface area contributed by atoms with Crippen molar-refractivity contribution in [2.24, 2.45) is 7.05 Å². The van der Waals surface area contributed by atoms with Gasteiger partial charge in [0.05, 0.1) is 11.9 Å². The number of hydrogen-bond donors (Lipinski definition) is 3. The lowest BCUT2D eigenvalue weighted by Gasteiger charge is -2.11. The number of carboxylic acid groups (broad SMARTS) is 2. The van der Waals surface area contributed by atoms with Crippen molar-refractivity contribution < 1.29 is 19.8 Å². The largest absolute Gasteiger partial charge is 0.473 e. The molecule has 10 heteroatoms. The van der Waals surface area contributed by atoms with Gasteiger partial charge in [0.2, 0.25) is 5.95 Å². The highest BCUT2D eigenvalue weighted by atomic mass is 79.9. The van der Waals surface area contributed by atoms with Crippen LogP contribution in [0.25, 0.3) is 11.3 Å². The summed E-state index contributed by atoms with van der Waals surface area (Å²) in [5.41, 5.74) is 2.99. The number of carbonyl (C=O) groups is 2. The molecule has 0 spiro atoms. The second kappa shape index (κ2) is 10.3. The number of benzene rings is 2. The lowest BCUT2D eigenvalue weighted by Crippen LogP contribution is -2.09. The van der Waals surface area contributed by atoms with Crippen LogP contribution < -0.4 is 5.32 Å². The van der Waals surface area contributed by atoms with Crippen molar-refractivity contribution in [3.05, 3.63) is 68.7 Å². The summed E-state index contributed by atoms with van der Waals surface area (Å²) in [6.45, 7) is 0.515. The molecule has 152 valence electrons. The van der Waals surface area contributed by atoms with Crippen LogP contribution in [-0.4, -0.2) is 31.7 Å². The van der Waals surface area contributed by atoms with E-state index in [2.05, 4.69) is 38.4 Å². The molecule has 3 N–H and O–H groups in total. The van der Waals surface area contributed by atoms with Gasteiger partial charge >= 0.3 is 11.9 Å². The summed E-state index contributed by atoms with van der Waals surface area (Å²) in [4.78, 5) is 22.6. The third-order valence-corrected chi connectivity index (χ3v) is 4.98. The number of hydrogen-bond acceptors (Lipinski definition) is 4. The van der Waals surface area contributed by atoms with E-state index in [9.17, 15) is 0 Å². The van der Waals surface area contributed by atoms with Gasteiger partial charge in [-0.05, 0) is 24.3 Å². The molecule has 3 rings (SSSR count). The maximum atomic E-state index is 9.10. The Hall–Kier alpha value is -2.55. The molecule has 0 amide bonds. The van der Waals surface area contributed by atoms with Crippen molar-refractivity contribution in [2.75, 3.05) is 5.32 Å². The highest BCUT2D eigenvalue weighted by Gasteiger charge is 2.11. The number of aromatic nitrogens is 2. The number of halogens is 3. The van der Waals surface area contributed by atoms with Crippen LogP contribution in [0.15, 0.2) is 53.1 Å². The summed E-state index contributed by atoms with van der Waals surface area (Å²) in [6, 6.07) is 13.6. The monoisotopic (exact) mass is 499 g/mol. The summed E-state index contributed by atoms with van der Waals surface area (Å²) in [5.74, 6) is -2.89. The zero-order valence-electron chi connectivity index (χ0n) is 15.1. The van der Waals surface area contributed by atoms with E-state index in [0.717, 1.165) is 27.2 Å². The zero-order valence-corrected chi connectivity index (χ0v) is 18.2. The second-order valence-corrected chi connectivity index (χ2v) is 7.43. The van der Waals surface area contributed by atoms with Gasteiger partial charge < -0.3 is 20.1 Å². The Kier molecular flexibility index (Phi) is 8.07. The molecular weight excluding hydrogens is 485 g/mol. The van der Waals surface area contributed by atoms with Crippen molar-refractivity contribution >= 4 is 57.0 Å². The van der Waals surface area contributed by atoms with Gasteiger partial charge in [0.25, 0.3) is 0 Å². The Bertz CT molecular complexity index is 1010. The predicted octanol–water partition coefficient (Wildman–Crippen LogP) is 4.92. The highest BCUT2D eigenvalue weighted by Crippen LogP contribution is 2.27. The Labute approximate surface area is 185 Å². The van der Waals surface area contributed by atoms with Crippen molar-refractivity contribution in [1.82, 2.24) is 9.55 Å². The molecule has 0 bridgehead atoms. The summed E-state index contributed by atoms with van der Waals surface area (Å²) in [5, 5.41) is 19.4. The summed E-state index contributed by atoms with van der Waals surface area (Å²) < 4.78 is 3.04. The van der Waals surface area contributed by atoms with E-state index in [1.165, 1.54) is 0 Å². The first-order valence-corrected chi connectivity index (χ1v) is 9.66. The molecule has 7 nitrogen and oxygen atoms in total. The van der Waals surface area contributed by atoms with Crippen LogP contribution in [-0.2, 0) is 23.2 Å². The van der Waals surface area contributed by atoms with Crippen LogP contribution in [0.2, 0.25) is 10.0 Å². The number of aliphatic carboxylic acids is 2. The fourth-order valence-electron chi connectivity index (χ4n) is 2.36. The fourth-order valence-corrected chi connectivity index (χ4v) is 3.29. The first-order valence-electron chi connectivity index (χ1n) is 8.11. The van der Waals surface area contributed by atoms with E-state index in [0.29, 0.717) is 16.6 Å². The van der Waals surface area contributed by atoms with Crippen LogP contribution in [0, 0.1) is 0 Å². The minimum atomic E-state index is -1.82. The number of imidazole rings is 1. The van der Waals surface area contributed by atoms with Gasteiger partial charge in [-0.3, -0.25) is 0 Å². The summed E-state index contributed by atoms with van der Waals surface area (Å²) in [7, 11) is 1.97. The number of carboxylic acids is 2. The molecule has 0 saturated carbocycles. The number of nitrogens with one attached hydrogen (secondary N) is 1. The Morgan fingerprint density at radius 1 is 1.10 bits per heavy atom. The molecule has 0 atom stereocenters. The summed E-state index contributed by atoms with van der Waals surface area (Å²) in [6.07, 6.45) is 1.85. The molecule has 0 aliphatic heterocycles. The van der Waals surface area contributed by atoms with E-state index in [4.69, 9.17) is 43.0 Å². The van der Waals surface area contributed by atoms with Crippen LogP contribution in [0.3, 0.4) is 0 Å². The Balaban J connectivity index is 0.000000438. The second-order valence-electron chi connectivity index (χ2n) is 5.70. The van der Waals surface area contributed by atoms with Crippen LogP contribution in [0.1, 0.15) is 5.56 Å². The van der Waals surface area contributed by atoms with Gasteiger partial charge in [0.1, 0.15) is 0 Å². The van der Waals surface area contributed by atoms with E-state index >= 15 is 0 Å².